The quantitative estimate of drug-likeness (QED) is 0.821. The van der Waals surface area contributed by atoms with Crippen molar-refractivity contribution in [3.63, 3.8) is 0 Å². The SMILES string of the molecule is COCCN(Cc1sccc1Br)CC1(C)CCNC1. The van der Waals surface area contributed by atoms with Crippen molar-refractivity contribution in [3.05, 3.63) is 20.8 Å². The highest BCUT2D eigenvalue weighted by Gasteiger charge is 2.30. The van der Waals surface area contributed by atoms with E-state index in [-0.39, 0.29) is 0 Å². The third-order valence-electron chi connectivity index (χ3n) is 3.73. The molecule has 0 saturated carbocycles. The smallest absolute Gasteiger partial charge is 0.0589 e. The van der Waals surface area contributed by atoms with Crippen molar-refractivity contribution >= 4 is 27.3 Å². The van der Waals surface area contributed by atoms with Gasteiger partial charge in [0.25, 0.3) is 0 Å². The number of halogens is 1. The Kier molecular flexibility index (Phi) is 5.84. The first-order chi connectivity index (χ1) is 9.13. The molecule has 5 heteroatoms. The van der Waals surface area contributed by atoms with Crippen LogP contribution in [-0.4, -0.2) is 44.8 Å². The van der Waals surface area contributed by atoms with Gasteiger partial charge in [-0.05, 0) is 45.8 Å². The first kappa shape index (κ1) is 15.4. The predicted molar refractivity (Wildman–Crippen MR) is 84.8 cm³/mol. The second kappa shape index (κ2) is 7.18. The van der Waals surface area contributed by atoms with Gasteiger partial charge in [0.05, 0.1) is 6.61 Å². The van der Waals surface area contributed by atoms with Gasteiger partial charge < -0.3 is 10.1 Å². The lowest BCUT2D eigenvalue weighted by atomic mass is 9.89. The third-order valence-corrected chi connectivity index (χ3v) is 5.64. The molecule has 1 N–H and O–H groups in total. The largest absolute Gasteiger partial charge is 0.383 e. The molecule has 0 bridgehead atoms. The molecule has 0 aliphatic carbocycles. The molecule has 0 amide bonds. The minimum atomic E-state index is 0.400. The molecule has 0 radical (unpaired) electrons. The molecule has 1 unspecified atom stereocenters. The number of nitrogens with one attached hydrogen (secondary N) is 1. The summed E-state index contributed by atoms with van der Waals surface area (Å²) in [5.74, 6) is 0. The summed E-state index contributed by atoms with van der Waals surface area (Å²) < 4.78 is 6.48. The van der Waals surface area contributed by atoms with Crippen LogP contribution in [0.25, 0.3) is 0 Å². The van der Waals surface area contributed by atoms with Crippen molar-refractivity contribution in [1.82, 2.24) is 10.2 Å². The van der Waals surface area contributed by atoms with Crippen molar-refractivity contribution in [2.45, 2.75) is 19.9 Å². The molecule has 2 rings (SSSR count). The molecule has 1 aromatic rings. The van der Waals surface area contributed by atoms with Gasteiger partial charge in [0.1, 0.15) is 0 Å². The Morgan fingerprint density at radius 1 is 1.58 bits per heavy atom. The molecule has 1 aliphatic rings. The van der Waals surface area contributed by atoms with Gasteiger partial charge >= 0.3 is 0 Å². The van der Waals surface area contributed by atoms with Crippen molar-refractivity contribution in [2.75, 3.05) is 39.9 Å². The van der Waals surface area contributed by atoms with E-state index in [2.05, 4.69) is 44.5 Å². The van der Waals surface area contributed by atoms with E-state index >= 15 is 0 Å². The van der Waals surface area contributed by atoms with Gasteiger partial charge in [0.2, 0.25) is 0 Å². The van der Waals surface area contributed by atoms with Crippen LogP contribution < -0.4 is 5.32 Å². The number of hydrogen-bond acceptors (Lipinski definition) is 4. The molecule has 1 atom stereocenters. The predicted octanol–water partition coefficient (Wildman–Crippen LogP) is 2.96. The zero-order valence-corrected chi connectivity index (χ0v) is 14.1. The lowest BCUT2D eigenvalue weighted by molar-refractivity contribution is 0.114. The fourth-order valence-corrected chi connectivity index (χ4v) is 4.14. The fourth-order valence-electron chi connectivity index (χ4n) is 2.62. The van der Waals surface area contributed by atoms with Gasteiger partial charge in [0.15, 0.2) is 0 Å². The number of thiophene rings is 1. The highest BCUT2D eigenvalue weighted by molar-refractivity contribution is 9.10. The van der Waals surface area contributed by atoms with E-state index in [1.54, 1.807) is 7.11 Å². The molecular formula is C14H23BrN2OS. The topological polar surface area (TPSA) is 24.5 Å². The van der Waals surface area contributed by atoms with Gasteiger partial charge in [0, 0.05) is 42.6 Å². The fraction of sp³-hybridized carbons (Fsp3) is 0.714. The molecule has 0 aromatic carbocycles. The van der Waals surface area contributed by atoms with Gasteiger partial charge in [-0.3, -0.25) is 4.90 Å². The molecule has 19 heavy (non-hydrogen) atoms. The number of nitrogens with zero attached hydrogens (tertiary/aromatic N) is 1. The lowest BCUT2D eigenvalue weighted by Crippen LogP contribution is -2.38. The Labute approximate surface area is 128 Å². The van der Waals surface area contributed by atoms with E-state index in [0.29, 0.717) is 5.41 Å². The van der Waals surface area contributed by atoms with Crippen molar-refractivity contribution < 1.29 is 4.74 Å². The number of rotatable bonds is 7. The number of hydrogen-bond donors (Lipinski definition) is 1. The molecular weight excluding hydrogens is 324 g/mol. The molecule has 1 aliphatic heterocycles. The third kappa shape index (κ3) is 4.53. The molecule has 108 valence electrons. The average molecular weight is 347 g/mol. The second-order valence-corrected chi connectivity index (χ2v) is 7.49. The minimum Gasteiger partial charge on any atom is -0.383 e. The normalized spacial score (nSPS) is 23.4. The summed E-state index contributed by atoms with van der Waals surface area (Å²) in [6.45, 7) is 8.60. The first-order valence-electron chi connectivity index (χ1n) is 6.77. The zero-order valence-electron chi connectivity index (χ0n) is 11.7. The van der Waals surface area contributed by atoms with E-state index in [0.717, 1.165) is 39.3 Å². The van der Waals surface area contributed by atoms with Crippen LogP contribution in [0.4, 0.5) is 0 Å². The van der Waals surface area contributed by atoms with E-state index in [1.165, 1.54) is 15.8 Å². The molecule has 1 aromatic heterocycles. The summed E-state index contributed by atoms with van der Waals surface area (Å²) in [6.07, 6.45) is 1.27. The second-order valence-electron chi connectivity index (χ2n) is 5.63. The zero-order chi connectivity index (χ0) is 13.7. The van der Waals surface area contributed by atoms with Crippen LogP contribution in [0.1, 0.15) is 18.2 Å². The average Bonchev–Trinajstić information content (AvgIpc) is 2.97. The van der Waals surface area contributed by atoms with Gasteiger partial charge in [-0.1, -0.05) is 6.92 Å². The van der Waals surface area contributed by atoms with Crippen LogP contribution in [0.2, 0.25) is 0 Å². The lowest BCUT2D eigenvalue weighted by Gasteiger charge is -2.31. The van der Waals surface area contributed by atoms with Crippen LogP contribution in [0.15, 0.2) is 15.9 Å². The molecule has 1 fully saturated rings. The summed E-state index contributed by atoms with van der Waals surface area (Å²) in [7, 11) is 1.78. The highest BCUT2D eigenvalue weighted by atomic mass is 79.9. The Morgan fingerprint density at radius 2 is 2.42 bits per heavy atom. The van der Waals surface area contributed by atoms with Crippen LogP contribution in [-0.2, 0) is 11.3 Å². The van der Waals surface area contributed by atoms with Crippen molar-refractivity contribution in [1.29, 1.82) is 0 Å². The van der Waals surface area contributed by atoms with E-state index < -0.39 is 0 Å². The molecule has 0 spiro atoms. The van der Waals surface area contributed by atoms with Gasteiger partial charge in [-0.2, -0.15) is 0 Å². The summed E-state index contributed by atoms with van der Waals surface area (Å²) in [6, 6.07) is 2.13. The molecule has 2 heterocycles. The summed E-state index contributed by atoms with van der Waals surface area (Å²) in [5.41, 5.74) is 0.400. The van der Waals surface area contributed by atoms with Gasteiger partial charge in [-0.15, -0.1) is 11.3 Å². The summed E-state index contributed by atoms with van der Waals surface area (Å²) in [5, 5.41) is 5.63. The van der Waals surface area contributed by atoms with Gasteiger partial charge in [-0.25, -0.2) is 0 Å². The Balaban J connectivity index is 1.97. The van der Waals surface area contributed by atoms with Crippen LogP contribution >= 0.6 is 27.3 Å². The minimum absolute atomic E-state index is 0.400. The van der Waals surface area contributed by atoms with Crippen molar-refractivity contribution in [3.8, 4) is 0 Å². The highest BCUT2D eigenvalue weighted by Crippen LogP contribution is 2.29. The monoisotopic (exact) mass is 346 g/mol. The maximum atomic E-state index is 5.25. The van der Waals surface area contributed by atoms with E-state index in [9.17, 15) is 0 Å². The Hall–Kier alpha value is 0.0600. The first-order valence-corrected chi connectivity index (χ1v) is 8.44. The van der Waals surface area contributed by atoms with Crippen LogP contribution in [0, 0.1) is 5.41 Å². The molecule has 1 saturated heterocycles. The number of ether oxygens (including phenoxy) is 1. The Bertz CT molecular complexity index is 391. The summed E-state index contributed by atoms with van der Waals surface area (Å²) in [4.78, 5) is 3.93. The Morgan fingerprint density at radius 3 is 3.00 bits per heavy atom. The summed E-state index contributed by atoms with van der Waals surface area (Å²) >= 11 is 5.45. The number of methoxy groups -OCH3 is 1. The van der Waals surface area contributed by atoms with E-state index in [1.807, 2.05) is 11.3 Å². The molecule has 3 nitrogen and oxygen atoms in total. The van der Waals surface area contributed by atoms with Crippen LogP contribution in [0.5, 0.6) is 0 Å². The standard InChI is InChI=1S/C14H23BrN2OS/c1-14(4-5-16-10-14)11-17(6-7-18-2)9-13-12(15)3-8-19-13/h3,8,16H,4-7,9-11H2,1-2H3. The van der Waals surface area contributed by atoms with E-state index in [4.69, 9.17) is 4.74 Å². The van der Waals surface area contributed by atoms with Crippen molar-refractivity contribution in [2.24, 2.45) is 5.41 Å². The maximum Gasteiger partial charge on any atom is 0.0589 e. The maximum absolute atomic E-state index is 5.25. The van der Waals surface area contributed by atoms with Crippen LogP contribution in [0.3, 0.4) is 0 Å².